The molecule has 0 atom stereocenters. The normalized spacial score (nSPS) is 12.0. The summed E-state index contributed by atoms with van der Waals surface area (Å²) < 4.78 is 5.27. The van der Waals surface area contributed by atoms with E-state index in [4.69, 9.17) is 10.3 Å². The van der Waals surface area contributed by atoms with E-state index in [9.17, 15) is 0 Å². The fourth-order valence-corrected chi connectivity index (χ4v) is 2.31. The van der Waals surface area contributed by atoms with Crippen molar-refractivity contribution < 1.29 is 4.52 Å². The first-order valence-electron chi connectivity index (χ1n) is 5.64. The van der Waals surface area contributed by atoms with Gasteiger partial charge in [-0.15, -0.1) is 11.3 Å². The molecule has 0 amide bonds. The minimum atomic E-state index is -0.500. The number of hydrogen-bond donors (Lipinski definition) is 1. The lowest BCUT2D eigenvalue weighted by Gasteiger charge is -2.21. The van der Waals surface area contributed by atoms with E-state index in [0.29, 0.717) is 11.7 Å². The van der Waals surface area contributed by atoms with Gasteiger partial charge in [0.15, 0.2) is 5.82 Å². The van der Waals surface area contributed by atoms with Crippen molar-refractivity contribution in [3.8, 4) is 10.8 Å². The van der Waals surface area contributed by atoms with Gasteiger partial charge >= 0.3 is 0 Å². The van der Waals surface area contributed by atoms with E-state index in [0.717, 1.165) is 23.4 Å². The number of nitrogens with zero attached hydrogens (tertiary/aromatic N) is 3. The van der Waals surface area contributed by atoms with Crippen molar-refractivity contribution in [2.75, 3.05) is 0 Å². The highest BCUT2D eigenvalue weighted by molar-refractivity contribution is 7.13. The summed E-state index contributed by atoms with van der Waals surface area (Å²) in [6, 6.07) is 0. The molecule has 0 fully saturated rings. The van der Waals surface area contributed by atoms with Gasteiger partial charge in [0.2, 0.25) is 0 Å². The van der Waals surface area contributed by atoms with Crippen LogP contribution in [-0.4, -0.2) is 15.1 Å². The third kappa shape index (κ3) is 2.10. The van der Waals surface area contributed by atoms with Crippen LogP contribution in [-0.2, 0) is 5.54 Å². The largest absolute Gasteiger partial charge is 0.333 e. The Bertz CT molecular complexity index is 501. The fraction of sp³-hybridized carbons (Fsp3) is 0.545. The standard InChI is InChI=1S/C11H16N4OS/c1-4-11(12,5-2)10-14-9(16-15-10)8-7(3)13-6-17-8/h6H,4-5,12H2,1-3H3. The third-order valence-corrected chi connectivity index (χ3v) is 3.99. The maximum atomic E-state index is 6.23. The zero-order valence-electron chi connectivity index (χ0n) is 10.2. The monoisotopic (exact) mass is 252 g/mol. The SMILES string of the molecule is CCC(N)(CC)c1noc(-c2scnc2C)n1. The molecule has 0 bridgehead atoms. The smallest absolute Gasteiger partial charge is 0.269 e. The van der Waals surface area contributed by atoms with Crippen molar-refractivity contribution in [3.63, 3.8) is 0 Å². The number of rotatable bonds is 4. The summed E-state index contributed by atoms with van der Waals surface area (Å²) in [4.78, 5) is 9.47. The number of thiazole rings is 1. The van der Waals surface area contributed by atoms with Gasteiger partial charge in [0, 0.05) is 0 Å². The lowest BCUT2D eigenvalue weighted by molar-refractivity contribution is 0.350. The Balaban J connectivity index is 2.37. The molecule has 0 aliphatic heterocycles. The number of aryl methyl sites for hydroxylation is 1. The fourth-order valence-electron chi connectivity index (χ4n) is 1.59. The molecule has 2 aromatic rings. The van der Waals surface area contributed by atoms with Crippen LogP contribution in [0.25, 0.3) is 10.8 Å². The maximum Gasteiger partial charge on any atom is 0.269 e. The summed E-state index contributed by atoms with van der Waals surface area (Å²) in [6.45, 7) is 5.97. The van der Waals surface area contributed by atoms with E-state index in [-0.39, 0.29) is 0 Å². The Morgan fingerprint density at radius 2 is 2.12 bits per heavy atom. The van der Waals surface area contributed by atoms with Gasteiger partial charge in [-0.1, -0.05) is 19.0 Å². The van der Waals surface area contributed by atoms with Gasteiger partial charge in [0.05, 0.1) is 16.7 Å². The molecule has 0 aliphatic rings. The number of hydrogen-bond acceptors (Lipinski definition) is 6. The average Bonchev–Trinajstić information content (AvgIpc) is 2.96. The highest BCUT2D eigenvalue weighted by atomic mass is 32.1. The molecule has 2 rings (SSSR count). The highest BCUT2D eigenvalue weighted by Gasteiger charge is 2.29. The van der Waals surface area contributed by atoms with Gasteiger partial charge in [-0.2, -0.15) is 4.98 Å². The first kappa shape index (κ1) is 12.2. The first-order chi connectivity index (χ1) is 8.10. The van der Waals surface area contributed by atoms with Crippen molar-refractivity contribution in [3.05, 3.63) is 17.0 Å². The van der Waals surface area contributed by atoms with Gasteiger partial charge in [-0.05, 0) is 19.8 Å². The van der Waals surface area contributed by atoms with Crippen molar-refractivity contribution in [1.29, 1.82) is 0 Å². The van der Waals surface area contributed by atoms with E-state index in [1.807, 2.05) is 20.8 Å². The molecule has 0 spiro atoms. The summed E-state index contributed by atoms with van der Waals surface area (Å²) in [6.07, 6.45) is 1.56. The Morgan fingerprint density at radius 1 is 1.41 bits per heavy atom. The van der Waals surface area contributed by atoms with Crippen LogP contribution in [0.3, 0.4) is 0 Å². The zero-order chi connectivity index (χ0) is 12.5. The van der Waals surface area contributed by atoms with Gasteiger partial charge in [0.1, 0.15) is 4.88 Å². The third-order valence-electron chi connectivity index (χ3n) is 3.07. The van der Waals surface area contributed by atoms with Crippen LogP contribution < -0.4 is 5.73 Å². The van der Waals surface area contributed by atoms with E-state index >= 15 is 0 Å². The Kier molecular flexibility index (Phi) is 3.26. The molecule has 6 heteroatoms. The van der Waals surface area contributed by atoms with Gasteiger partial charge < -0.3 is 10.3 Å². The van der Waals surface area contributed by atoms with Crippen molar-refractivity contribution in [2.24, 2.45) is 5.73 Å². The van der Waals surface area contributed by atoms with Crippen LogP contribution in [0.1, 0.15) is 38.2 Å². The predicted octanol–water partition coefficient (Wildman–Crippen LogP) is 2.48. The number of nitrogens with two attached hydrogens (primary N) is 1. The van der Waals surface area contributed by atoms with E-state index in [2.05, 4.69) is 15.1 Å². The molecule has 0 saturated carbocycles. The molecule has 92 valence electrons. The molecule has 0 unspecified atom stereocenters. The van der Waals surface area contributed by atoms with E-state index in [1.165, 1.54) is 11.3 Å². The second-order valence-corrected chi connectivity index (χ2v) is 4.91. The first-order valence-corrected chi connectivity index (χ1v) is 6.52. The summed E-state index contributed by atoms with van der Waals surface area (Å²) in [5.74, 6) is 1.09. The Labute approximate surface area is 104 Å². The maximum absolute atomic E-state index is 6.23. The molecule has 0 aromatic carbocycles. The quantitative estimate of drug-likeness (QED) is 0.904. The van der Waals surface area contributed by atoms with Crippen LogP contribution in [0, 0.1) is 6.92 Å². The summed E-state index contributed by atoms with van der Waals surface area (Å²) >= 11 is 1.49. The molecular formula is C11H16N4OS. The summed E-state index contributed by atoms with van der Waals surface area (Å²) in [5, 5.41) is 3.99. The topological polar surface area (TPSA) is 77.8 Å². The van der Waals surface area contributed by atoms with Crippen LogP contribution in [0.15, 0.2) is 10.0 Å². The van der Waals surface area contributed by atoms with Crippen molar-refractivity contribution in [1.82, 2.24) is 15.1 Å². The van der Waals surface area contributed by atoms with Gasteiger partial charge in [-0.25, -0.2) is 4.98 Å². The van der Waals surface area contributed by atoms with E-state index in [1.54, 1.807) is 5.51 Å². The Morgan fingerprint density at radius 3 is 2.65 bits per heavy atom. The molecule has 2 N–H and O–H groups in total. The predicted molar refractivity (Wildman–Crippen MR) is 66.6 cm³/mol. The van der Waals surface area contributed by atoms with Crippen LogP contribution >= 0.6 is 11.3 Å². The highest BCUT2D eigenvalue weighted by Crippen LogP contribution is 2.29. The summed E-state index contributed by atoms with van der Waals surface area (Å²) in [5.41, 5.74) is 8.40. The van der Waals surface area contributed by atoms with Crippen molar-refractivity contribution >= 4 is 11.3 Å². The van der Waals surface area contributed by atoms with Gasteiger partial charge in [-0.3, -0.25) is 0 Å². The zero-order valence-corrected chi connectivity index (χ0v) is 11.0. The molecule has 0 radical (unpaired) electrons. The van der Waals surface area contributed by atoms with Crippen LogP contribution in [0.2, 0.25) is 0 Å². The van der Waals surface area contributed by atoms with Gasteiger partial charge in [0.25, 0.3) is 5.89 Å². The van der Waals surface area contributed by atoms with Crippen LogP contribution in [0.5, 0.6) is 0 Å². The molecule has 0 saturated heterocycles. The number of aromatic nitrogens is 3. The second-order valence-electron chi connectivity index (χ2n) is 4.05. The second kappa shape index (κ2) is 4.54. The van der Waals surface area contributed by atoms with Crippen LogP contribution in [0.4, 0.5) is 0 Å². The molecular weight excluding hydrogens is 236 g/mol. The Hall–Kier alpha value is -1.27. The lowest BCUT2D eigenvalue weighted by Crippen LogP contribution is -2.36. The average molecular weight is 252 g/mol. The molecule has 2 heterocycles. The van der Waals surface area contributed by atoms with Crippen molar-refractivity contribution in [2.45, 2.75) is 39.2 Å². The molecule has 0 aliphatic carbocycles. The minimum absolute atomic E-state index is 0.500. The summed E-state index contributed by atoms with van der Waals surface area (Å²) in [7, 11) is 0. The minimum Gasteiger partial charge on any atom is -0.333 e. The molecule has 17 heavy (non-hydrogen) atoms. The molecule has 5 nitrogen and oxygen atoms in total. The lowest BCUT2D eigenvalue weighted by atomic mass is 9.93. The molecule has 2 aromatic heterocycles. The van der Waals surface area contributed by atoms with E-state index < -0.39 is 5.54 Å².